The van der Waals surface area contributed by atoms with Gasteiger partial charge in [0, 0.05) is 12.1 Å². The molecule has 5 nitrogen and oxygen atoms in total. The monoisotopic (exact) mass is 313 g/mol. The van der Waals surface area contributed by atoms with Crippen LogP contribution in [0.4, 0.5) is 13.6 Å². The van der Waals surface area contributed by atoms with Gasteiger partial charge < -0.3 is 15.2 Å². The van der Waals surface area contributed by atoms with Crippen molar-refractivity contribution in [3.8, 4) is 0 Å². The van der Waals surface area contributed by atoms with Gasteiger partial charge in [-0.25, -0.2) is 18.4 Å². The highest BCUT2D eigenvalue weighted by atomic mass is 19.1. The molecule has 0 saturated heterocycles. The van der Waals surface area contributed by atoms with Gasteiger partial charge in [-0.1, -0.05) is 12.2 Å². The summed E-state index contributed by atoms with van der Waals surface area (Å²) in [5.74, 6) is -3.41. The van der Waals surface area contributed by atoms with Crippen LogP contribution in [0.1, 0.15) is 36.7 Å². The fraction of sp³-hybridized carbons (Fsp3) is 0.333. The molecule has 0 saturated carbocycles. The number of hydrogen-bond acceptors (Lipinski definition) is 3. The molecular weight excluding hydrogens is 296 g/mol. The average Bonchev–Trinajstić information content (AvgIpc) is 2.34. The van der Waals surface area contributed by atoms with Crippen LogP contribution in [0.15, 0.2) is 18.2 Å². The first-order valence-corrected chi connectivity index (χ1v) is 6.46. The second kappa shape index (κ2) is 7.02. The number of nitrogens with one attached hydrogen (secondary N) is 1. The predicted molar refractivity (Wildman–Crippen MR) is 76.6 cm³/mol. The molecule has 1 aromatic carbocycles. The number of benzene rings is 1. The van der Waals surface area contributed by atoms with Gasteiger partial charge in [0.2, 0.25) is 0 Å². The Hall–Kier alpha value is -2.44. The van der Waals surface area contributed by atoms with Gasteiger partial charge in [0.1, 0.15) is 17.2 Å². The van der Waals surface area contributed by atoms with Crippen molar-refractivity contribution in [2.24, 2.45) is 0 Å². The van der Waals surface area contributed by atoms with Crippen LogP contribution in [0.5, 0.6) is 0 Å². The molecule has 2 N–H and O–H groups in total. The zero-order valence-electron chi connectivity index (χ0n) is 12.4. The highest BCUT2D eigenvalue weighted by Gasteiger charge is 2.15. The minimum atomic E-state index is -1.42. The number of hydrogen-bond donors (Lipinski definition) is 2. The van der Waals surface area contributed by atoms with Crippen LogP contribution < -0.4 is 5.32 Å². The number of carboxylic acid groups (broad SMARTS) is 1. The standard InChI is InChI=1S/C15H17F2NO4/c1-15(2,3)22-14(21)18-6-4-5-10-11(16)7-9(13(19)20)8-12(10)17/h4-5,7-8H,6H2,1-3H3,(H,18,21)(H,19,20). The van der Waals surface area contributed by atoms with E-state index in [0.717, 1.165) is 18.2 Å². The summed E-state index contributed by atoms with van der Waals surface area (Å²) in [6.45, 7) is 5.13. The highest BCUT2D eigenvalue weighted by Crippen LogP contribution is 2.17. The molecule has 120 valence electrons. The topological polar surface area (TPSA) is 75.6 Å². The Morgan fingerprint density at radius 1 is 1.27 bits per heavy atom. The van der Waals surface area contributed by atoms with Gasteiger partial charge in [-0.3, -0.25) is 0 Å². The largest absolute Gasteiger partial charge is 0.478 e. The molecular formula is C15H17F2NO4. The third-order valence-electron chi connectivity index (χ3n) is 2.37. The van der Waals surface area contributed by atoms with Crippen LogP contribution >= 0.6 is 0 Å². The summed E-state index contributed by atoms with van der Waals surface area (Å²) >= 11 is 0. The minimum Gasteiger partial charge on any atom is -0.478 e. The zero-order valence-corrected chi connectivity index (χ0v) is 12.4. The van der Waals surface area contributed by atoms with E-state index in [-0.39, 0.29) is 12.1 Å². The van der Waals surface area contributed by atoms with Gasteiger partial charge in [0.25, 0.3) is 0 Å². The summed E-state index contributed by atoms with van der Waals surface area (Å²) in [5, 5.41) is 11.1. The number of alkyl carbamates (subject to hydrolysis) is 1. The lowest BCUT2D eigenvalue weighted by Crippen LogP contribution is -2.32. The number of rotatable bonds is 4. The Labute approximate surface area is 126 Å². The molecule has 0 unspecified atom stereocenters. The quantitative estimate of drug-likeness (QED) is 0.895. The van der Waals surface area contributed by atoms with Gasteiger partial charge in [-0.2, -0.15) is 0 Å². The fourth-order valence-electron chi connectivity index (χ4n) is 1.50. The maximum absolute atomic E-state index is 13.6. The van der Waals surface area contributed by atoms with E-state index >= 15 is 0 Å². The predicted octanol–water partition coefficient (Wildman–Crippen LogP) is 3.20. The second-order valence-corrected chi connectivity index (χ2v) is 5.44. The normalized spacial score (nSPS) is 11.5. The Balaban J connectivity index is 2.68. The number of amides is 1. The molecule has 22 heavy (non-hydrogen) atoms. The first-order valence-electron chi connectivity index (χ1n) is 6.46. The lowest BCUT2D eigenvalue weighted by atomic mass is 10.1. The molecule has 1 aromatic rings. The van der Waals surface area contributed by atoms with Crippen molar-refractivity contribution in [1.82, 2.24) is 5.32 Å². The molecule has 0 aliphatic carbocycles. The van der Waals surface area contributed by atoms with Crippen molar-refractivity contribution in [3.63, 3.8) is 0 Å². The lowest BCUT2D eigenvalue weighted by molar-refractivity contribution is 0.0533. The van der Waals surface area contributed by atoms with Crippen molar-refractivity contribution in [2.75, 3.05) is 6.54 Å². The summed E-state index contributed by atoms with van der Waals surface area (Å²) in [4.78, 5) is 22.0. The van der Waals surface area contributed by atoms with E-state index in [4.69, 9.17) is 9.84 Å². The number of carboxylic acids is 1. The smallest absolute Gasteiger partial charge is 0.407 e. The SMILES string of the molecule is CC(C)(C)OC(=O)NCC=Cc1c(F)cc(C(=O)O)cc1F. The number of carbonyl (C=O) groups excluding carboxylic acids is 1. The maximum Gasteiger partial charge on any atom is 0.407 e. The van der Waals surface area contributed by atoms with E-state index in [2.05, 4.69) is 5.32 Å². The fourth-order valence-corrected chi connectivity index (χ4v) is 1.50. The summed E-state index contributed by atoms with van der Waals surface area (Å²) in [5.41, 5.74) is -1.49. The van der Waals surface area contributed by atoms with Crippen LogP contribution in [0, 0.1) is 11.6 Å². The number of carbonyl (C=O) groups is 2. The van der Waals surface area contributed by atoms with E-state index in [0.29, 0.717) is 0 Å². The third-order valence-corrected chi connectivity index (χ3v) is 2.37. The molecule has 0 aromatic heterocycles. The zero-order chi connectivity index (χ0) is 16.9. The molecule has 0 spiro atoms. The Bertz CT molecular complexity index is 583. The van der Waals surface area contributed by atoms with E-state index in [9.17, 15) is 18.4 Å². The number of halogens is 2. The van der Waals surface area contributed by atoms with Gasteiger partial charge in [0.05, 0.1) is 5.56 Å². The van der Waals surface area contributed by atoms with E-state index < -0.39 is 34.9 Å². The summed E-state index contributed by atoms with van der Waals surface area (Å²) in [6.07, 6.45) is 1.79. The average molecular weight is 313 g/mol. The van der Waals surface area contributed by atoms with E-state index in [1.54, 1.807) is 20.8 Å². The molecule has 0 heterocycles. The number of ether oxygens (including phenoxy) is 1. The second-order valence-electron chi connectivity index (χ2n) is 5.44. The molecule has 1 rings (SSSR count). The molecule has 0 aliphatic heterocycles. The highest BCUT2D eigenvalue weighted by molar-refractivity contribution is 5.88. The number of aromatic carboxylic acids is 1. The van der Waals surface area contributed by atoms with Crippen LogP contribution in [0.3, 0.4) is 0 Å². The molecule has 0 fully saturated rings. The van der Waals surface area contributed by atoms with Crippen molar-refractivity contribution >= 4 is 18.1 Å². The van der Waals surface area contributed by atoms with E-state index in [1.807, 2.05) is 0 Å². The van der Waals surface area contributed by atoms with Gasteiger partial charge in [-0.15, -0.1) is 0 Å². The first kappa shape index (κ1) is 17.6. The van der Waals surface area contributed by atoms with Gasteiger partial charge in [0.15, 0.2) is 0 Å². The first-order chi connectivity index (χ1) is 10.1. The molecule has 0 bridgehead atoms. The summed E-state index contributed by atoms with van der Waals surface area (Å²) < 4.78 is 32.2. The Kier molecular flexibility index (Phi) is 5.62. The van der Waals surface area contributed by atoms with Crippen LogP contribution in [0.2, 0.25) is 0 Å². The van der Waals surface area contributed by atoms with Crippen molar-refractivity contribution in [3.05, 3.63) is 41.0 Å². The molecule has 0 radical (unpaired) electrons. The molecule has 0 atom stereocenters. The Morgan fingerprint density at radius 3 is 2.27 bits per heavy atom. The summed E-state index contributed by atoms with van der Waals surface area (Å²) in [7, 11) is 0. The molecule has 1 amide bonds. The van der Waals surface area contributed by atoms with Crippen molar-refractivity contribution in [1.29, 1.82) is 0 Å². The molecule has 0 aliphatic rings. The van der Waals surface area contributed by atoms with Crippen LogP contribution in [-0.4, -0.2) is 29.3 Å². The van der Waals surface area contributed by atoms with Crippen LogP contribution in [-0.2, 0) is 4.74 Å². The van der Waals surface area contributed by atoms with Crippen molar-refractivity contribution < 1.29 is 28.2 Å². The Morgan fingerprint density at radius 2 is 1.82 bits per heavy atom. The van der Waals surface area contributed by atoms with E-state index in [1.165, 1.54) is 6.08 Å². The third kappa shape index (κ3) is 5.51. The summed E-state index contributed by atoms with van der Waals surface area (Å²) in [6, 6.07) is 1.46. The minimum absolute atomic E-state index is 0.00841. The lowest BCUT2D eigenvalue weighted by Gasteiger charge is -2.19. The van der Waals surface area contributed by atoms with Gasteiger partial charge in [-0.05, 0) is 32.9 Å². The molecule has 7 heteroatoms. The maximum atomic E-state index is 13.6. The van der Waals surface area contributed by atoms with Crippen LogP contribution in [0.25, 0.3) is 6.08 Å². The van der Waals surface area contributed by atoms with Gasteiger partial charge >= 0.3 is 12.1 Å². The van der Waals surface area contributed by atoms with Crippen molar-refractivity contribution in [2.45, 2.75) is 26.4 Å².